The van der Waals surface area contributed by atoms with Gasteiger partial charge in [0, 0.05) is 6.04 Å². The third-order valence-corrected chi connectivity index (χ3v) is 5.22. The van der Waals surface area contributed by atoms with Crippen molar-refractivity contribution in [3.63, 3.8) is 0 Å². The van der Waals surface area contributed by atoms with Gasteiger partial charge in [-0.3, -0.25) is 0 Å². The predicted molar refractivity (Wildman–Crippen MR) is 85.0 cm³/mol. The van der Waals surface area contributed by atoms with Crippen LogP contribution in [0, 0.1) is 5.92 Å². The molecule has 0 amide bonds. The minimum atomic E-state index is 0.865. The standard InChI is InChI=1S/C18H28N2/c1-19-11-9-18(10-12-19)20-13-7-17(8-14-20)15-16-5-3-2-4-6-16/h2-6,17-18H,7-15H2,1H3. The predicted octanol–water partition coefficient (Wildman–Crippen LogP) is 3.04. The minimum absolute atomic E-state index is 0.865. The van der Waals surface area contributed by atoms with Crippen LogP contribution in [0.15, 0.2) is 30.3 Å². The van der Waals surface area contributed by atoms with Gasteiger partial charge in [0.15, 0.2) is 0 Å². The molecule has 0 bridgehead atoms. The summed E-state index contributed by atoms with van der Waals surface area (Å²) in [5, 5.41) is 0. The molecular weight excluding hydrogens is 244 g/mol. The first-order valence-electron chi connectivity index (χ1n) is 8.28. The third-order valence-electron chi connectivity index (χ3n) is 5.22. The van der Waals surface area contributed by atoms with E-state index in [1.54, 1.807) is 0 Å². The Kier molecular flexibility index (Phi) is 4.74. The maximum absolute atomic E-state index is 2.77. The largest absolute Gasteiger partial charge is 0.306 e. The van der Waals surface area contributed by atoms with Crippen LogP contribution in [0.2, 0.25) is 0 Å². The van der Waals surface area contributed by atoms with E-state index in [-0.39, 0.29) is 0 Å². The quantitative estimate of drug-likeness (QED) is 0.834. The molecule has 2 heterocycles. The zero-order valence-corrected chi connectivity index (χ0v) is 12.8. The second-order valence-corrected chi connectivity index (χ2v) is 6.70. The SMILES string of the molecule is CN1CCC(N2CCC(Cc3ccccc3)CC2)CC1. The van der Waals surface area contributed by atoms with Crippen molar-refractivity contribution in [2.75, 3.05) is 33.2 Å². The summed E-state index contributed by atoms with van der Waals surface area (Å²) in [6.45, 7) is 5.22. The van der Waals surface area contributed by atoms with Crippen molar-refractivity contribution in [2.45, 2.75) is 38.1 Å². The molecular formula is C18H28N2. The molecule has 0 radical (unpaired) electrons. The van der Waals surface area contributed by atoms with E-state index >= 15 is 0 Å². The van der Waals surface area contributed by atoms with Crippen molar-refractivity contribution in [2.24, 2.45) is 5.92 Å². The van der Waals surface area contributed by atoms with E-state index < -0.39 is 0 Å². The normalized spacial score (nSPS) is 24.1. The lowest BCUT2D eigenvalue weighted by Gasteiger charge is -2.41. The fourth-order valence-electron chi connectivity index (χ4n) is 3.83. The fraction of sp³-hybridized carbons (Fsp3) is 0.667. The van der Waals surface area contributed by atoms with Gasteiger partial charge < -0.3 is 9.80 Å². The molecule has 1 aromatic carbocycles. The Morgan fingerprint density at radius 2 is 1.55 bits per heavy atom. The van der Waals surface area contributed by atoms with Crippen LogP contribution in [-0.2, 0) is 6.42 Å². The summed E-state index contributed by atoms with van der Waals surface area (Å²) in [7, 11) is 2.25. The fourth-order valence-corrected chi connectivity index (χ4v) is 3.83. The highest BCUT2D eigenvalue weighted by atomic mass is 15.2. The van der Waals surface area contributed by atoms with Gasteiger partial charge in [-0.25, -0.2) is 0 Å². The Bertz CT molecular complexity index is 387. The molecule has 2 heteroatoms. The molecule has 20 heavy (non-hydrogen) atoms. The van der Waals surface area contributed by atoms with Crippen molar-refractivity contribution >= 4 is 0 Å². The molecule has 0 spiro atoms. The van der Waals surface area contributed by atoms with E-state index in [0.29, 0.717) is 0 Å². The second kappa shape index (κ2) is 6.73. The summed E-state index contributed by atoms with van der Waals surface area (Å²) >= 11 is 0. The smallest absolute Gasteiger partial charge is 0.0120 e. The topological polar surface area (TPSA) is 6.48 Å². The van der Waals surface area contributed by atoms with Crippen molar-refractivity contribution in [1.29, 1.82) is 0 Å². The Balaban J connectivity index is 1.45. The number of likely N-dealkylation sites (tertiary alicyclic amines) is 2. The van der Waals surface area contributed by atoms with Gasteiger partial charge in [0.1, 0.15) is 0 Å². The van der Waals surface area contributed by atoms with Gasteiger partial charge in [0.2, 0.25) is 0 Å². The van der Waals surface area contributed by atoms with Crippen LogP contribution in [0.3, 0.4) is 0 Å². The zero-order chi connectivity index (χ0) is 13.8. The van der Waals surface area contributed by atoms with Gasteiger partial charge in [-0.15, -0.1) is 0 Å². The molecule has 2 saturated heterocycles. The maximum Gasteiger partial charge on any atom is 0.0120 e. The summed E-state index contributed by atoms with van der Waals surface area (Å²) in [5.41, 5.74) is 1.52. The Morgan fingerprint density at radius 3 is 2.20 bits per heavy atom. The van der Waals surface area contributed by atoms with Crippen LogP contribution < -0.4 is 0 Å². The second-order valence-electron chi connectivity index (χ2n) is 6.70. The molecule has 0 saturated carbocycles. The molecule has 0 atom stereocenters. The average Bonchev–Trinajstić information content (AvgIpc) is 2.50. The number of piperidine rings is 2. The average molecular weight is 272 g/mol. The molecule has 2 aliphatic heterocycles. The molecule has 2 aliphatic rings. The summed E-state index contributed by atoms with van der Waals surface area (Å²) in [6.07, 6.45) is 6.81. The summed E-state index contributed by atoms with van der Waals surface area (Å²) in [5.74, 6) is 0.903. The van der Waals surface area contributed by atoms with Gasteiger partial charge >= 0.3 is 0 Å². The molecule has 1 aromatic rings. The first kappa shape index (κ1) is 14.1. The summed E-state index contributed by atoms with van der Waals surface area (Å²) in [4.78, 5) is 5.24. The van der Waals surface area contributed by atoms with E-state index in [0.717, 1.165) is 12.0 Å². The van der Waals surface area contributed by atoms with Crippen molar-refractivity contribution in [1.82, 2.24) is 9.80 Å². The molecule has 2 nitrogen and oxygen atoms in total. The molecule has 3 rings (SSSR count). The lowest BCUT2D eigenvalue weighted by atomic mass is 9.88. The number of benzene rings is 1. The Labute approximate surface area is 123 Å². The minimum Gasteiger partial charge on any atom is -0.306 e. The molecule has 0 aromatic heterocycles. The molecule has 110 valence electrons. The van der Waals surface area contributed by atoms with E-state index in [1.807, 2.05) is 0 Å². The number of nitrogens with zero attached hydrogens (tertiary/aromatic N) is 2. The van der Waals surface area contributed by atoms with Crippen LogP contribution in [0.5, 0.6) is 0 Å². The molecule has 0 aliphatic carbocycles. The zero-order valence-electron chi connectivity index (χ0n) is 12.8. The van der Waals surface area contributed by atoms with Crippen LogP contribution in [0.25, 0.3) is 0 Å². The van der Waals surface area contributed by atoms with E-state index in [2.05, 4.69) is 47.2 Å². The van der Waals surface area contributed by atoms with E-state index in [1.165, 1.54) is 63.8 Å². The highest BCUT2D eigenvalue weighted by Crippen LogP contribution is 2.25. The summed E-state index contributed by atoms with van der Waals surface area (Å²) < 4.78 is 0. The van der Waals surface area contributed by atoms with Crippen molar-refractivity contribution in [3.05, 3.63) is 35.9 Å². The van der Waals surface area contributed by atoms with E-state index in [9.17, 15) is 0 Å². The van der Waals surface area contributed by atoms with Gasteiger partial charge in [-0.2, -0.15) is 0 Å². The van der Waals surface area contributed by atoms with Gasteiger partial charge in [0.05, 0.1) is 0 Å². The Morgan fingerprint density at radius 1 is 0.900 bits per heavy atom. The third kappa shape index (κ3) is 3.62. The molecule has 0 unspecified atom stereocenters. The lowest BCUT2D eigenvalue weighted by molar-refractivity contribution is 0.0855. The van der Waals surface area contributed by atoms with Gasteiger partial charge in [0.25, 0.3) is 0 Å². The maximum atomic E-state index is 2.77. The van der Waals surface area contributed by atoms with Crippen LogP contribution >= 0.6 is 0 Å². The molecule has 2 fully saturated rings. The highest BCUT2D eigenvalue weighted by molar-refractivity contribution is 5.15. The first-order chi connectivity index (χ1) is 9.81. The van der Waals surface area contributed by atoms with Crippen LogP contribution in [0.1, 0.15) is 31.2 Å². The van der Waals surface area contributed by atoms with Gasteiger partial charge in [-0.1, -0.05) is 30.3 Å². The van der Waals surface area contributed by atoms with Gasteiger partial charge in [-0.05, 0) is 76.8 Å². The number of rotatable bonds is 3. The number of hydrogen-bond acceptors (Lipinski definition) is 2. The van der Waals surface area contributed by atoms with E-state index in [4.69, 9.17) is 0 Å². The van der Waals surface area contributed by atoms with Crippen molar-refractivity contribution in [3.8, 4) is 0 Å². The lowest BCUT2D eigenvalue weighted by Crippen LogP contribution is -2.47. The number of hydrogen-bond donors (Lipinski definition) is 0. The van der Waals surface area contributed by atoms with Crippen LogP contribution in [0.4, 0.5) is 0 Å². The highest BCUT2D eigenvalue weighted by Gasteiger charge is 2.27. The summed E-state index contributed by atoms with van der Waals surface area (Å²) in [6, 6.07) is 11.9. The first-order valence-corrected chi connectivity index (χ1v) is 8.28. The monoisotopic (exact) mass is 272 g/mol. The van der Waals surface area contributed by atoms with Crippen LogP contribution in [-0.4, -0.2) is 49.1 Å². The van der Waals surface area contributed by atoms with Crippen molar-refractivity contribution < 1.29 is 0 Å². The molecule has 0 N–H and O–H groups in total. The Hall–Kier alpha value is -0.860.